The van der Waals surface area contributed by atoms with Crippen LogP contribution in [0.25, 0.3) is 154 Å². The van der Waals surface area contributed by atoms with Crippen LogP contribution in [-0.4, -0.2) is 15.7 Å². The number of hydrogen-bond acceptors (Lipinski definition) is 3. The van der Waals surface area contributed by atoms with Crippen molar-refractivity contribution in [2.45, 2.75) is 0 Å². The van der Waals surface area contributed by atoms with Crippen LogP contribution in [0.4, 0.5) is 34.1 Å². The summed E-state index contributed by atoms with van der Waals surface area (Å²) in [7, 11) is 0. The molecule has 0 unspecified atom stereocenters. The number of fused-ring (bicyclic) bond motifs is 16. The smallest absolute Gasteiger partial charge is 0.252 e. The van der Waals surface area contributed by atoms with Crippen molar-refractivity contribution in [3.63, 3.8) is 0 Å². The molecule has 0 bridgehead atoms. The van der Waals surface area contributed by atoms with E-state index in [1.807, 2.05) is 30.3 Å². The summed E-state index contributed by atoms with van der Waals surface area (Å²) in [5.41, 5.74) is 25.6. The molecule has 6 heteroatoms. The van der Waals surface area contributed by atoms with Crippen LogP contribution in [0.1, 0.15) is 11.0 Å². The number of rotatable bonds is 9. The molecule has 0 radical (unpaired) electrons. The molecular weight excluding hydrogens is 1240 g/mol. The van der Waals surface area contributed by atoms with E-state index in [4.69, 9.17) is 7.16 Å². The van der Waals surface area contributed by atoms with E-state index in [0.717, 1.165) is 161 Å². The summed E-state index contributed by atoms with van der Waals surface area (Å²) in [6.45, 7) is -0.521. The maximum atomic E-state index is 9.85. The third-order valence-electron chi connectivity index (χ3n) is 21.5. The van der Waals surface area contributed by atoms with Crippen molar-refractivity contribution in [2.75, 3.05) is 9.80 Å². The monoisotopic (exact) mass is 1300 g/mol. The lowest BCUT2D eigenvalue weighted by Gasteiger charge is -2.46. The van der Waals surface area contributed by atoms with E-state index in [0.29, 0.717) is 5.69 Å². The molecule has 5 nitrogen and oxygen atoms in total. The van der Waals surface area contributed by atoms with Gasteiger partial charge in [0.2, 0.25) is 0 Å². The fourth-order valence-electron chi connectivity index (χ4n) is 17.1. The Balaban J connectivity index is 0.923. The average molecular weight is 1300 g/mol. The van der Waals surface area contributed by atoms with E-state index in [1.165, 1.54) is 16.3 Å². The fraction of sp³-hybridized carbons (Fsp3) is 0. The van der Waals surface area contributed by atoms with Gasteiger partial charge in [-0.05, 0) is 140 Å². The summed E-state index contributed by atoms with van der Waals surface area (Å²) in [6, 6.07) is 107. The highest BCUT2D eigenvalue weighted by molar-refractivity contribution is 7.00. The number of anilines is 6. The molecule has 0 amide bonds. The van der Waals surface area contributed by atoms with Gasteiger partial charge in [0.25, 0.3) is 6.71 Å². The quantitative estimate of drug-likeness (QED) is 0.135. The Labute approximate surface area is 600 Å². The van der Waals surface area contributed by atoms with Crippen LogP contribution in [0.3, 0.4) is 0 Å². The Morgan fingerprint density at radius 1 is 0.275 bits per heavy atom. The first-order valence-corrected chi connectivity index (χ1v) is 34.6. The number of aromatic nitrogens is 2. The van der Waals surface area contributed by atoms with E-state index in [1.54, 1.807) is 4.57 Å². The van der Waals surface area contributed by atoms with Crippen LogP contribution >= 0.6 is 0 Å². The van der Waals surface area contributed by atoms with Gasteiger partial charge in [-0.15, -0.1) is 0 Å². The van der Waals surface area contributed by atoms with Gasteiger partial charge in [-0.2, -0.15) is 0 Å². The van der Waals surface area contributed by atoms with Gasteiger partial charge in [0, 0.05) is 93.8 Å². The van der Waals surface area contributed by atoms with E-state index in [9.17, 15) is 8.22 Å². The molecule has 4 aromatic heterocycles. The molecule has 0 spiro atoms. The third-order valence-corrected chi connectivity index (χ3v) is 21.5. The molecule has 0 saturated heterocycles. The van der Waals surface area contributed by atoms with Gasteiger partial charge in [-0.25, -0.2) is 0 Å². The number of furan rings is 1. The Kier molecular flexibility index (Phi) is 10.6. The Morgan fingerprint density at radius 2 is 0.706 bits per heavy atom. The number of hydrogen-bond donors (Lipinski definition) is 0. The van der Waals surface area contributed by atoms with Gasteiger partial charge in [0.15, 0.2) is 0 Å². The van der Waals surface area contributed by atoms with Gasteiger partial charge < -0.3 is 23.2 Å². The maximum Gasteiger partial charge on any atom is 0.252 e. The summed E-state index contributed by atoms with van der Waals surface area (Å²) in [5, 5.41) is 6.70. The van der Waals surface area contributed by atoms with Crippen molar-refractivity contribution >= 4 is 139 Å². The van der Waals surface area contributed by atoms with E-state index >= 15 is 0 Å². The van der Waals surface area contributed by atoms with E-state index in [2.05, 4.69) is 293 Å². The predicted molar refractivity (Wildman–Crippen MR) is 429 cm³/mol. The first-order chi connectivity index (χ1) is 53.9. The third kappa shape index (κ3) is 8.29. The largest absolute Gasteiger partial charge is 0.456 e. The lowest BCUT2D eigenvalue weighted by Crippen LogP contribution is -2.61. The van der Waals surface area contributed by atoms with Gasteiger partial charge in [0.05, 0.1) is 49.9 Å². The van der Waals surface area contributed by atoms with Crippen LogP contribution in [0.15, 0.2) is 362 Å². The Morgan fingerprint density at radius 3 is 1.31 bits per heavy atom. The molecule has 2 aliphatic heterocycles. The minimum absolute atomic E-state index is 0.00219. The SMILES string of the molecule is [2H]c1c([2H])c([2H])c2c(c1[2H])c1c([2H])c([2H])c([2H])c([2H])c1n2-c1ccc2c(c1)N(c1c(-c3ccccc3)cccc1-c1ccccc1)c1cc(-c3ccc4c(c3)c3cccc5c6ccccc6n4c53)cc3c1B2c1ccc(-c2ccc4oc5ccccc5c4c2)cc1N3c1c(-c2ccccc2)cccc1-c1ccccc1. The first-order valence-electron chi connectivity index (χ1n) is 38.6. The van der Waals surface area contributed by atoms with Crippen molar-refractivity contribution in [2.24, 2.45) is 0 Å². The summed E-state index contributed by atoms with van der Waals surface area (Å²) < 4.78 is 86.2. The molecule has 22 rings (SSSR count). The van der Waals surface area contributed by atoms with Crippen LogP contribution in [-0.2, 0) is 0 Å². The zero-order chi connectivity index (χ0) is 73.6. The Bertz CT molecular complexity index is 7150. The second-order valence-electron chi connectivity index (χ2n) is 26.8. The molecule has 20 aromatic rings. The normalized spacial score (nSPS) is 13.7. The lowest BCUT2D eigenvalue weighted by atomic mass is 9.33. The molecule has 16 aromatic carbocycles. The van der Waals surface area contributed by atoms with Gasteiger partial charge in [-0.3, -0.25) is 0 Å². The molecular formula is C96H59BN4O. The highest BCUT2D eigenvalue weighted by Gasteiger charge is 2.46. The van der Waals surface area contributed by atoms with Crippen LogP contribution < -0.4 is 26.2 Å². The van der Waals surface area contributed by atoms with Crippen molar-refractivity contribution < 1.29 is 15.4 Å². The average Bonchev–Trinajstić information content (AvgIpc) is 0.820. The van der Waals surface area contributed by atoms with Crippen molar-refractivity contribution in [3.8, 4) is 72.4 Å². The van der Waals surface area contributed by atoms with Crippen LogP contribution in [0, 0.1) is 0 Å². The summed E-state index contributed by atoms with van der Waals surface area (Å²) in [5.74, 6) is 0. The summed E-state index contributed by atoms with van der Waals surface area (Å²) in [6.07, 6.45) is 0. The number of nitrogens with zero attached hydrogens (tertiary/aromatic N) is 4. The summed E-state index contributed by atoms with van der Waals surface area (Å²) >= 11 is 0. The van der Waals surface area contributed by atoms with E-state index < -0.39 is 43.0 Å². The standard InChI is InChI=1S/C96H59BN4O/c1-5-24-60(25-6-1)69-36-21-37-70(61-26-7-2-8-27-61)94(69)100-87-56-66(64-48-53-92-80(55-64)76-35-16-20-45-91(76)102-92)46-50-81(87)97-82-51-49-68(98-83-42-17-13-32-73(83)74-33-14-18-43-84(74)98)59-88(82)101(95-71(62-28-9-3-10-29-62)38-22-39-72(95)63-30-11-4-12-31-63)90-58-67(57-89(100)93(90)97)65-47-52-86-79(54-65)78-41-23-40-77-75-34-15-19-44-85(75)99(86)96(77)78/h1-59H/i13D,14D,17D,18D,32D,33D,42D,43D. The zero-order valence-corrected chi connectivity index (χ0v) is 54.7. The highest BCUT2D eigenvalue weighted by Crippen LogP contribution is 2.55. The van der Waals surface area contributed by atoms with Gasteiger partial charge in [0.1, 0.15) is 11.2 Å². The van der Waals surface area contributed by atoms with Crippen molar-refractivity contribution in [3.05, 3.63) is 358 Å². The molecule has 0 fully saturated rings. The van der Waals surface area contributed by atoms with Crippen molar-refractivity contribution in [1.29, 1.82) is 0 Å². The highest BCUT2D eigenvalue weighted by atomic mass is 16.3. The molecule has 0 atom stereocenters. The molecule has 6 heterocycles. The van der Waals surface area contributed by atoms with Gasteiger partial charge >= 0.3 is 0 Å². The molecule has 2 aliphatic rings. The van der Waals surface area contributed by atoms with Crippen molar-refractivity contribution in [1.82, 2.24) is 8.97 Å². The summed E-state index contributed by atoms with van der Waals surface area (Å²) in [4.78, 5) is 4.98. The second kappa shape index (κ2) is 22.0. The maximum absolute atomic E-state index is 9.85. The van der Waals surface area contributed by atoms with Gasteiger partial charge in [-0.1, -0.05) is 279 Å². The molecule has 0 N–H and O–H groups in total. The molecule has 472 valence electrons. The lowest BCUT2D eigenvalue weighted by molar-refractivity contribution is 0.669. The number of benzene rings is 16. The minimum Gasteiger partial charge on any atom is -0.456 e. The van der Waals surface area contributed by atoms with Crippen LogP contribution in [0.5, 0.6) is 0 Å². The first kappa shape index (κ1) is 49.1. The fourth-order valence-corrected chi connectivity index (χ4v) is 17.1. The molecule has 0 aliphatic carbocycles. The topological polar surface area (TPSA) is 29.0 Å². The molecule has 0 saturated carbocycles. The minimum atomic E-state index is -0.521. The number of para-hydroxylation sites is 7. The van der Waals surface area contributed by atoms with E-state index in [-0.39, 0.29) is 33.9 Å². The Hall–Kier alpha value is -13.4. The predicted octanol–water partition coefficient (Wildman–Crippen LogP) is 23.9. The van der Waals surface area contributed by atoms with Crippen LogP contribution in [0.2, 0.25) is 0 Å². The second-order valence-corrected chi connectivity index (χ2v) is 26.8. The zero-order valence-electron chi connectivity index (χ0n) is 62.7. The molecule has 102 heavy (non-hydrogen) atoms.